The Hall–Kier alpha value is -2.57. The Bertz CT molecular complexity index is 731. The number of hydrogen-bond donors (Lipinski definition) is 2. The number of hydrogen-bond acceptors (Lipinski definition) is 4. The highest BCUT2D eigenvalue weighted by Gasteiger charge is 2.42. The number of benzene rings is 1. The molecular weight excluding hydrogens is 322 g/mol. The molecule has 7 nitrogen and oxygen atoms in total. The van der Waals surface area contributed by atoms with Gasteiger partial charge in [-0.05, 0) is 25.0 Å². The second-order valence-electron chi connectivity index (χ2n) is 6.95. The summed E-state index contributed by atoms with van der Waals surface area (Å²) in [5.41, 5.74) is -0.382. The molecule has 1 saturated heterocycles. The van der Waals surface area contributed by atoms with Crippen molar-refractivity contribution in [2.75, 3.05) is 13.1 Å². The van der Waals surface area contributed by atoms with Gasteiger partial charge in [0.2, 0.25) is 11.8 Å². The molecular formula is C18H21N3O4. The zero-order valence-corrected chi connectivity index (χ0v) is 13.9. The van der Waals surface area contributed by atoms with Gasteiger partial charge in [-0.15, -0.1) is 0 Å². The molecule has 0 aromatic heterocycles. The Labute approximate surface area is 145 Å². The summed E-state index contributed by atoms with van der Waals surface area (Å²) < 4.78 is 6.08. The minimum absolute atomic E-state index is 0.0654. The van der Waals surface area contributed by atoms with Crippen LogP contribution in [0.15, 0.2) is 24.3 Å². The highest BCUT2D eigenvalue weighted by atomic mass is 16.5. The van der Waals surface area contributed by atoms with Crippen LogP contribution in [0.2, 0.25) is 0 Å². The fourth-order valence-corrected chi connectivity index (χ4v) is 3.35. The molecule has 3 amide bonds. The lowest BCUT2D eigenvalue weighted by Crippen LogP contribution is -2.56. The Morgan fingerprint density at radius 1 is 1.28 bits per heavy atom. The molecule has 1 aromatic carbocycles. The molecule has 1 spiro atoms. The molecule has 1 atom stereocenters. The number of carbonyl (C=O) groups excluding carboxylic acids is 3. The standard InChI is InChI=1S/C18H21N3O4/c22-15(19-12-5-6-12)11-21-10-9-18(8-7-16(21)23)20-17(24)13-3-1-2-4-14(13)25-18/h1-4,12H,5-11H2,(H,19,22)(H,20,24)/t18-/m0/s1. The molecule has 7 heteroatoms. The van der Waals surface area contributed by atoms with E-state index in [9.17, 15) is 14.4 Å². The number of fused-ring (bicyclic) bond motifs is 1. The van der Waals surface area contributed by atoms with Gasteiger partial charge in [0.1, 0.15) is 5.75 Å². The molecule has 2 heterocycles. The first-order chi connectivity index (χ1) is 12.0. The average molecular weight is 343 g/mol. The van der Waals surface area contributed by atoms with Gasteiger partial charge in [0.05, 0.1) is 12.1 Å². The second-order valence-corrected chi connectivity index (χ2v) is 6.95. The number of amides is 3. The van der Waals surface area contributed by atoms with Crippen molar-refractivity contribution in [2.24, 2.45) is 0 Å². The smallest absolute Gasteiger partial charge is 0.258 e. The first kappa shape index (κ1) is 15.9. The summed E-state index contributed by atoms with van der Waals surface area (Å²) in [4.78, 5) is 38.3. The Morgan fingerprint density at radius 2 is 2.08 bits per heavy atom. The number of nitrogens with one attached hydrogen (secondary N) is 2. The third kappa shape index (κ3) is 3.31. The predicted molar refractivity (Wildman–Crippen MR) is 88.9 cm³/mol. The maximum absolute atomic E-state index is 12.4. The largest absolute Gasteiger partial charge is 0.467 e. The van der Waals surface area contributed by atoms with E-state index in [0.29, 0.717) is 30.7 Å². The van der Waals surface area contributed by atoms with Crippen LogP contribution in [0.5, 0.6) is 5.75 Å². The number of para-hydroxylation sites is 1. The zero-order valence-electron chi connectivity index (χ0n) is 13.9. The molecule has 0 unspecified atom stereocenters. The Balaban J connectivity index is 1.46. The highest BCUT2D eigenvalue weighted by Crippen LogP contribution is 2.33. The van der Waals surface area contributed by atoms with Gasteiger partial charge in [-0.1, -0.05) is 12.1 Å². The van der Waals surface area contributed by atoms with E-state index in [2.05, 4.69) is 10.6 Å². The zero-order chi connectivity index (χ0) is 17.4. The van der Waals surface area contributed by atoms with Crippen LogP contribution in [0.4, 0.5) is 0 Å². The van der Waals surface area contributed by atoms with Crippen molar-refractivity contribution < 1.29 is 19.1 Å². The highest BCUT2D eigenvalue weighted by molar-refractivity contribution is 5.98. The maximum Gasteiger partial charge on any atom is 0.258 e. The summed E-state index contributed by atoms with van der Waals surface area (Å²) in [7, 11) is 0. The van der Waals surface area contributed by atoms with Gasteiger partial charge < -0.3 is 20.3 Å². The van der Waals surface area contributed by atoms with Crippen LogP contribution in [0.3, 0.4) is 0 Å². The van der Waals surface area contributed by atoms with Gasteiger partial charge in [-0.2, -0.15) is 0 Å². The molecule has 0 radical (unpaired) electrons. The third-order valence-electron chi connectivity index (χ3n) is 4.94. The predicted octanol–water partition coefficient (Wildman–Crippen LogP) is 0.796. The van der Waals surface area contributed by atoms with Gasteiger partial charge in [0.15, 0.2) is 5.72 Å². The van der Waals surface area contributed by atoms with Crippen LogP contribution >= 0.6 is 0 Å². The number of likely N-dealkylation sites (tertiary alicyclic amines) is 1. The Kier molecular flexibility index (Phi) is 3.86. The molecule has 1 saturated carbocycles. The minimum Gasteiger partial charge on any atom is -0.467 e. The van der Waals surface area contributed by atoms with Crippen molar-refractivity contribution in [1.29, 1.82) is 0 Å². The number of carbonyl (C=O) groups is 3. The SMILES string of the molecule is O=C(CN1CC[C@@]2(CCC1=O)NC(=O)c1ccccc1O2)NC1CC1. The molecule has 2 N–H and O–H groups in total. The lowest BCUT2D eigenvalue weighted by molar-refractivity contribution is -0.135. The number of nitrogens with zero attached hydrogens (tertiary/aromatic N) is 1. The first-order valence-corrected chi connectivity index (χ1v) is 8.72. The third-order valence-corrected chi connectivity index (χ3v) is 4.94. The van der Waals surface area contributed by atoms with Crippen molar-refractivity contribution in [3.8, 4) is 5.75 Å². The van der Waals surface area contributed by atoms with Crippen molar-refractivity contribution in [1.82, 2.24) is 15.5 Å². The molecule has 3 aliphatic rings. The number of rotatable bonds is 3. The van der Waals surface area contributed by atoms with E-state index in [4.69, 9.17) is 4.74 Å². The minimum atomic E-state index is -0.886. The van der Waals surface area contributed by atoms with Crippen LogP contribution in [0.1, 0.15) is 42.5 Å². The van der Waals surface area contributed by atoms with E-state index in [1.54, 1.807) is 23.1 Å². The van der Waals surface area contributed by atoms with Crippen molar-refractivity contribution in [2.45, 2.75) is 43.9 Å². The van der Waals surface area contributed by atoms with E-state index in [-0.39, 0.29) is 36.7 Å². The normalized spacial score (nSPS) is 25.7. The average Bonchev–Trinajstić information content (AvgIpc) is 3.41. The molecule has 2 fully saturated rings. The van der Waals surface area contributed by atoms with E-state index < -0.39 is 5.72 Å². The lowest BCUT2D eigenvalue weighted by atomic mass is 10.0. The second kappa shape index (κ2) is 6.06. The molecule has 4 rings (SSSR count). The van der Waals surface area contributed by atoms with Crippen LogP contribution in [-0.2, 0) is 9.59 Å². The van der Waals surface area contributed by atoms with Gasteiger partial charge >= 0.3 is 0 Å². The molecule has 0 bridgehead atoms. The van der Waals surface area contributed by atoms with Crippen LogP contribution in [0, 0.1) is 0 Å². The molecule has 2 aliphatic heterocycles. The summed E-state index contributed by atoms with van der Waals surface area (Å²) >= 11 is 0. The molecule has 132 valence electrons. The van der Waals surface area contributed by atoms with E-state index in [0.717, 1.165) is 12.8 Å². The first-order valence-electron chi connectivity index (χ1n) is 8.72. The van der Waals surface area contributed by atoms with Gasteiger partial charge in [-0.3, -0.25) is 14.4 Å². The van der Waals surface area contributed by atoms with Gasteiger partial charge in [-0.25, -0.2) is 0 Å². The summed E-state index contributed by atoms with van der Waals surface area (Å²) in [6, 6.07) is 7.37. The fourth-order valence-electron chi connectivity index (χ4n) is 3.35. The van der Waals surface area contributed by atoms with E-state index in [1.165, 1.54) is 0 Å². The van der Waals surface area contributed by atoms with Gasteiger partial charge in [0.25, 0.3) is 5.91 Å². The summed E-state index contributed by atoms with van der Waals surface area (Å²) in [5, 5.41) is 5.82. The van der Waals surface area contributed by atoms with E-state index in [1.807, 2.05) is 6.07 Å². The lowest BCUT2D eigenvalue weighted by Gasteiger charge is -2.38. The summed E-state index contributed by atoms with van der Waals surface area (Å²) in [5.74, 6) is 0.151. The van der Waals surface area contributed by atoms with Crippen molar-refractivity contribution >= 4 is 17.7 Å². The Morgan fingerprint density at radius 3 is 2.88 bits per heavy atom. The quantitative estimate of drug-likeness (QED) is 0.850. The monoisotopic (exact) mass is 343 g/mol. The van der Waals surface area contributed by atoms with Crippen LogP contribution in [0.25, 0.3) is 0 Å². The molecule has 1 aromatic rings. The molecule has 1 aliphatic carbocycles. The van der Waals surface area contributed by atoms with Crippen LogP contribution in [-0.4, -0.2) is 47.5 Å². The van der Waals surface area contributed by atoms with Gasteiger partial charge in [0, 0.05) is 31.8 Å². The summed E-state index contributed by atoms with van der Waals surface area (Å²) in [6.07, 6.45) is 3.12. The topological polar surface area (TPSA) is 87.7 Å². The maximum atomic E-state index is 12.4. The number of ether oxygens (including phenoxy) is 1. The van der Waals surface area contributed by atoms with Crippen molar-refractivity contribution in [3.63, 3.8) is 0 Å². The fraction of sp³-hybridized carbons (Fsp3) is 0.500. The summed E-state index contributed by atoms with van der Waals surface area (Å²) in [6.45, 7) is 0.440. The van der Waals surface area contributed by atoms with Crippen LogP contribution < -0.4 is 15.4 Å². The van der Waals surface area contributed by atoms with Crippen molar-refractivity contribution in [3.05, 3.63) is 29.8 Å². The molecule has 25 heavy (non-hydrogen) atoms. The van der Waals surface area contributed by atoms with E-state index >= 15 is 0 Å².